The van der Waals surface area contributed by atoms with Crippen LogP contribution in [0.1, 0.15) is 56.8 Å². The standard InChI is InChI=1S/C26H34N4O2/c1-17-10-11-19(18(2)29-13-12-20(31)15-29)14-21(17)22-8-7-9-23-24(27-22)28(6)25(32)30(23)16-26(3,4)5/h8,10-11,14,18,20,23,31H,12-13,15-16H2,1-6H3. The van der Waals surface area contributed by atoms with Gasteiger partial charge < -0.3 is 10.0 Å². The summed E-state index contributed by atoms with van der Waals surface area (Å²) in [5, 5.41) is 9.93. The third-order valence-electron chi connectivity index (χ3n) is 6.50. The van der Waals surface area contributed by atoms with Crippen molar-refractivity contribution in [1.82, 2.24) is 14.7 Å². The van der Waals surface area contributed by atoms with Crippen LogP contribution in [-0.2, 0) is 0 Å². The van der Waals surface area contributed by atoms with Gasteiger partial charge in [0.1, 0.15) is 5.84 Å². The first kappa shape index (κ1) is 22.6. The van der Waals surface area contributed by atoms with Crippen LogP contribution < -0.4 is 0 Å². The molecule has 0 aliphatic carbocycles. The Hall–Kier alpha value is -2.62. The fourth-order valence-corrected chi connectivity index (χ4v) is 4.66. The molecule has 2 amide bonds. The van der Waals surface area contributed by atoms with Gasteiger partial charge in [-0.3, -0.25) is 9.80 Å². The highest BCUT2D eigenvalue weighted by Crippen LogP contribution is 2.31. The minimum Gasteiger partial charge on any atom is -0.392 e. The number of aliphatic hydroxyl groups is 1. The number of urea groups is 1. The van der Waals surface area contributed by atoms with Crippen LogP contribution in [0.25, 0.3) is 5.70 Å². The van der Waals surface area contributed by atoms with Gasteiger partial charge in [0.05, 0.1) is 11.8 Å². The molecule has 0 saturated carbocycles. The highest BCUT2D eigenvalue weighted by molar-refractivity contribution is 6.10. The van der Waals surface area contributed by atoms with Gasteiger partial charge >= 0.3 is 6.03 Å². The molecule has 4 rings (SSSR count). The van der Waals surface area contributed by atoms with Crippen molar-refractivity contribution >= 4 is 17.6 Å². The number of benzene rings is 1. The Morgan fingerprint density at radius 2 is 2.06 bits per heavy atom. The molecule has 3 atom stereocenters. The summed E-state index contributed by atoms with van der Waals surface area (Å²) in [5.41, 5.74) is 4.11. The van der Waals surface area contributed by atoms with Crippen molar-refractivity contribution in [2.45, 2.75) is 59.2 Å². The SMILES string of the molecule is Cc1ccc(C(C)N2CCC(O)C2)cc1C1=CC#CC2C(=N1)N(C)C(=O)N2CC(C)(C)C. The largest absolute Gasteiger partial charge is 0.392 e. The maximum Gasteiger partial charge on any atom is 0.326 e. The van der Waals surface area contributed by atoms with Crippen molar-refractivity contribution in [1.29, 1.82) is 0 Å². The van der Waals surface area contributed by atoms with Crippen molar-refractivity contribution in [3.05, 3.63) is 41.0 Å². The van der Waals surface area contributed by atoms with E-state index in [1.165, 1.54) is 5.56 Å². The van der Waals surface area contributed by atoms with Gasteiger partial charge in [-0.1, -0.05) is 44.7 Å². The Morgan fingerprint density at radius 1 is 1.31 bits per heavy atom. The number of allylic oxidation sites excluding steroid dienone is 1. The lowest BCUT2D eigenvalue weighted by Crippen LogP contribution is -2.40. The lowest BCUT2D eigenvalue weighted by Gasteiger charge is -2.27. The summed E-state index contributed by atoms with van der Waals surface area (Å²) in [6.07, 6.45) is 2.46. The Kier molecular flexibility index (Phi) is 5.91. The number of rotatable bonds is 4. The zero-order valence-corrected chi connectivity index (χ0v) is 20.0. The van der Waals surface area contributed by atoms with Crippen LogP contribution in [0.5, 0.6) is 0 Å². The molecule has 1 aromatic rings. The second-order valence-electron chi connectivity index (χ2n) is 10.4. The third-order valence-corrected chi connectivity index (χ3v) is 6.50. The maximum atomic E-state index is 12.9. The monoisotopic (exact) mass is 434 g/mol. The number of amides is 2. The maximum absolute atomic E-state index is 12.9. The molecule has 3 aliphatic heterocycles. The van der Waals surface area contributed by atoms with E-state index in [9.17, 15) is 9.90 Å². The Balaban J connectivity index is 1.66. The Morgan fingerprint density at radius 3 is 2.72 bits per heavy atom. The number of fused-ring (bicyclic) bond motifs is 1. The van der Waals surface area contributed by atoms with Gasteiger partial charge in [0.25, 0.3) is 0 Å². The van der Waals surface area contributed by atoms with Crippen LogP contribution in [0.2, 0.25) is 0 Å². The zero-order chi connectivity index (χ0) is 23.2. The van der Waals surface area contributed by atoms with E-state index in [0.29, 0.717) is 18.9 Å². The predicted octanol–water partition coefficient (Wildman–Crippen LogP) is 3.66. The lowest BCUT2D eigenvalue weighted by molar-refractivity contribution is 0.163. The van der Waals surface area contributed by atoms with Crippen LogP contribution in [0.15, 0.2) is 29.3 Å². The van der Waals surface area contributed by atoms with Crippen LogP contribution >= 0.6 is 0 Å². The molecule has 1 N–H and O–H groups in total. The lowest BCUT2D eigenvalue weighted by atomic mass is 9.95. The molecule has 2 fully saturated rings. The number of likely N-dealkylation sites (N-methyl/N-ethyl adjacent to an activating group) is 1. The van der Waals surface area contributed by atoms with Crippen molar-refractivity contribution in [2.24, 2.45) is 10.4 Å². The first-order chi connectivity index (χ1) is 15.0. The van der Waals surface area contributed by atoms with Gasteiger partial charge in [-0.05, 0) is 42.9 Å². The van der Waals surface area contributed by atoms with E-state index in [0.717, 1.165) is 29.8 Å². The van der Waals surface area contributed by atoms with Gasteiger partial charge in [0.15, 0.2) is 6.04 Å². The number of carbonyl (C=O) groups excluding carboxylic acids is 1. The number of aliphatic imine (C=N–C) groups is 1. The highest BCUT2D eigenvalue weighted by atomic mass is 16.3. The molecule has 2 saturated heterocycles. The van der Waals surface area contributed by atoms with Crippen LogP contribution in [0.3, 0.4) is 0 Å². The molecule has 6 nitrogen and oxygen atoms in total. The molecule has 3 unspecified atom stereocenters. The third kappa shape index (κ3) is 4.32. The molecule has 6 heteroatoms. The second kappa shape index (κ2) is 8.38. The zero-order valence-electron chi connectivity index (χ0n) is 20.0. The summed E-state index contributed by atoms with van der Waals surface area (Å²) >= 11 is 0. The van der Waals surface area contributed by atoms with Crippen LogP contribution in [-0.4, -0.2) is 70.5 Å². The molecular formula is C26H34N4O2. The fourth-order valence-electron chi connectivity index (χ4n) is 4.66. The summed E-state index contributed by atoms with van der Waals surface area (Å²) in [6, 6.07) is 6.30. The van der Waals surface area contributed by atoms with E-state index in [2.05, 4.69) is 69.6 Å². The quantitative estimate of drug-likeness (QED) is 0.736. The minimum absolute atomic E-state index is 0.0274. The molecule has 0 aromatic heterocycles. The first-order valence-electron chi connectivity index (χ1n) is 11.4. The van der Waals surface area contributed by atoms with Gasteiger partial charge in [-0.25, -0.2) is 9.79 Å². The number of β-amino-alcohol motifs (C(OH)–C–C–N with tert-alkyl or cyclic N) is 1. The second-order valence-corrected chi connectivity index (χ2v) is 10.4. The number of carbonyl (C=O) groups is 1. The Labute approximate surface area is 191 Å². The molecule has 3 aliphatic rings. The summed E-state index contributed by atoms with van der Waals surface area (Å²) in [5.74, 6) is 7.11. The molecular weight excluding hydrogens is 400 g/mol. The van der Waals surface area contributed by atoms with Crippen molar-refractivity contribution in [3.8, 4) is 11.8 Å². The number of amidine groups is 1. The number of hydrogen-bond donors (Lipinski definition) is 1. The van der Waals surface area contributed by atoms with Crippen molar-refractivity contribution in [2.75, 3.05) is 26.7 Å². The van der Waals surface area contributed by atoms with Crippen LogP contribution in [0.4, 0.5) is 4.79 Å². The predicted molar refractivity (Wildman–Crippen MR) is 128 cm³/mol. The topological polar surface area (TPSA) is 59.4 Å². The normalized spacial score (nSPS) is 24.5. The number of nitrogens with zero attached hydrogens (tertiary/aromatic N) is 4. The van der Waals surface area contributed by atoms with Gasteiger partial charge in [0.2, 0.25) is 0 Å². The van der Waals surface area contributed by atoms with E-state index >= 15 is 0 Å². The molecule has 1 aromatic carbocycles. The summed E-state index contributed by atoms with van der Waals surface area (Å²) in [4.78, 5) is 23.7. The molecule has 0 radical (unpaired) electrons. The van der Waals surface area contributed by atoms with Gasteiger partial charge in [-0.2, -0.15) is 0 Å². The first-order valence-corrected chi connectivity index (χ1v) is 11.4. The van der Waals surface area contributed by atoms with E-state index in [4.69, 9.17) is 4.99 Å². The van der Waals surface area contributed by atoms with Crippen molar-refractivity contribution in [3.63, 3.8) is 0 Å². The molecule has 32 heavy (non-hydrogen) atoms. The average Bonchev–Trinajstić information content (AvgIpc) is 3.14. The van der Waals surface area contributed by atoms with E-state index in [-0.39, 0.29) is 29.6 Å². The summed E-state index contributed by atoms with van der Waals surface area (Å²) < 4.78 is 0. The number of aliphatic hydroxyl groups excluding tert-OH is 1. The number of aryl methyl sites for hydroxylation is 1. The van der Waals surface area contributed by atoms with E-state index in [1.807, 2.05) is 11.0 Å². The summed E-state index contributed by atoms with van der Waals surface area (Å²) in [7, 11) is 1.78. The Bertz CT molecular complexity index is 1040. The molecule has 0 spiro atoms. The van der Waals surface area contributed by atoms with Crippen molar-refractivity contribution < 1.29 is 9.90 Å². The smallest absolute Gasteiger partial charge is 0.326 e. The average molecular weight is 435 g/mol. The van der Waals surface area contributed by atoms with E-state index < -0.39 is 0 Å². The number of hydrogen-bond acceptors (Lipinski definition) is 4. The van der Waals surface area contributed by atoms with Gasteiger partial charge in [0, 0.05) is 44.4 Å². The van der Waals surface area contributed by atoms with E-state index in [1.54, 1.807) is 11.9 Å². The molecule has 170 valence electrons. The minimum atomic E-state index is -0.325. The fraction of sp³-hybridized carbons (Fsp3) is 0.538. The van der Waals surface area contributed by atoms with Crippen LogP contribution in [0, 0.1) is 24.2 Å². The summed E-state index contributed by atoms with van der Waals surface area (Å²) in [6.45, 7) is 12.9. The molecule has 3 heterocycles. The highest BCUT2D eigenvalue weighted by Gasteiger charge is 2.42. The van der Waals surface area contributed by atoms with Gasteiger partial charge in [-0.15, -0.1) is 0 Å². The molecule has 0 bridgehead atoms. The number of likely N-dealkylation sites (tertiary alicyclic amines) is 1.